The minimum Gasteiger partial charge on any atom is -0.480 e. The van der Waals surface area contributed by atoms with Gasteiger partial charge in [0.2, 0.25) is 0 Å². The molecule has 1 atom stereocenters. The van der Waals surface area contributed by atoms with E-state index in [-0.39, 0.29) is 6.03 Å². The maximum absolute atomic E-state index is 11.9. The number of urea groups is 1. The van der Waals surface area contributed by atoms with Crippen LogP contribution in [0.3, 0.4) is 0 Å². The lowest BCUT2D eigenvalue weighted by atomic mass is 10.2. The van der Waals surface area contributed by atoms with Crippen LogP contribution < -0.4 is 5.32 Å². The molecule has 2 amide bonds. The Morgan fingerprint density at radius 2 is 2.18 bits per heavy atom. The van der Waals surface area contributed by atoms with Gasteiger partial charge < -0.3 is 15.3 Å². The van der Waals surface area contributed by atoms with E-state index in [0.717, 1.165) is 30.9 Å². The van der Waals surface area contributed by atoms with Crippen LogP contribution >= 0.6 is 11.8 Å². The number of aliphatic carboxylic acids is 1. The first-order chi connectivity index (χ1) is 8.15. The maximum atomic E-state index is 11.9. The van der Waals surface area contributed by atoms with Crippen molar-refractivity contribution < 1.29 is 14.7 Å². The molecule has 6 heteroatoms. The minimum absolute atomic E-state index is 0.242. The van der Waals surface area contributed by atoms with Crippen molar-refractivity contribution in [3.8, 4) is 0 Å². The Bertz CT molecular complexity index is 265. The van der Waals surface area contributed by atoms with Crippen LogP contribution in [-0.2, 0) is 4.79 Å². The molecule has 0 aliphatic carbocycles. The van der Waals surface area contributed by atoms with Crippen molar-refractivity contribution in [1.82, 2.24) is 10.2 Å². The third-order valence-electron chi connectivity index (χ3n) is 2.68. The molecule has 5 nitrogen and oxygen atoms in total. The number of carboxylic acids is 1. The van der Waals surface area contributed by atoms with E-state index in [2.05, 4.69) is 5.32 Å². The fourth-order valence-electron chi connectivity index (χ4n) is 1.74. The average Bonchev–Trinajstić information content (AvgIpc) is 2.56. The van der Waals surface area contributed by atoms with Crippen molar-refractivity contribution in [2.24, 2.45) is 0 Å². The zero-order chi connectivity index (χ0) is 12.7. The summed E-state index contributed by atoms with van der Waals surface area (Å²) in [5.41, 5.74) is 0. The highest BCUT2D eigenvalue weighted by Crippen LogP contribution is 2.10. The number of carbonyl (C=O) groups is 2. The molecule has 0 bridgehead atoms. The van der Waals surface area contributed by atoms with Crippen molar-refractivity contribution in [3.05, 3.63) is 0 Å². The lowest BCUT2D eigenvalue weighted by Crippen LogP contribution is -2.48. The molecule has 0 spiro atoms. The Balaban J connectivity index is 2.47. The SMILES string of the molecule is CCC[C@H](NC(=O)N1CCCSCC1)C(=O)O. The molecule has 2 N–H and O–H groups in total. The monoisotopic (exact) mass is 260 g/mol. The third kappa shape index (κ3) is 4.85. The normalized spacial score (nSPS) is 18.3. The van der Waals surface area contributed by atoms with Gasteiger partial charge in [0.05, 0.1) is 0 Å². The van der Waals surface area contributed by atoms with Gasteiger partial charge in [-0.2, -0.15) is 11.8 Å². The molecule has 0 aromatic heterocycles. The molecule has 0 aromatic carbocycles. The molecule has 1 fully saturated rings. The van der Waals surface area contributed by atoms with E-state index >= 15 is 0 Å². The van der Waals surface area contributed by atoms with Crippen LogP contribution in [0.4, 0.5) is 4.79 Å². The fraction of sp³-hybridized carbons (Fsp3) is 0.818. The quantitative estimate of drug-likeness (QED) is 0.801. The van der Waals surface area contributed by atoms with E-state index < -0.39 is 12.0 Å². The maximum Gasteiger partial charge on any atom is 0.326 e. The number of carboxylic acid groups (broad SMARTS) is 1. The summed E-state index contributed by atoms with van der Waals surface area (Å²) in [5, 5.41) is 11.6. The van der Waals surface area contributed by atoms with Gasteiger partial charge in [-0.1, -0.05) is 13.3 Å². The summed E-state index contributed by atoms with van der Waals surface area (Å²) in [6, 6.07) is -1.00. The van der Waals surface area contributed by atoms with Gasteiger partial charge in [-0.3, -0.25) is 0 Å². The summed E-state index contributed by atoms with van der Waals surface area (Å²) in [5.74, 6) is 1.05. The van der Waals surface area contributed by atoms with Crippen molar-refractivity contribution in [2.45, 2.75) is 32.2 Å². The molecule has 1 rings (SSSR count). The van der Waals surface area contributed by atoms with Gasteiger partial charge in [0.15, 0.2) is 0 Å². The number of amides is 2. The summed E-state index contributed by atoms with van der Waals surface area (Å²) < 4.78 is 0. The first kappa shape index (κ1) is 14.2. The average molecular weight is 260 g/mol. The van der Waals surface area contributed by atoms with Crippen LogP contribution in [0.5, 0.6) is 0 Å². The summed E-state index contributed by atoms with van der Waals surface area (Å²) in [6.07, 6.45) is 2.19. The summed E-state index contributed by atoms with van der Waals surface area (Å²) in [4.78, 5) is 24.5. The molecule has 0 saturated carbocycles. The van der Waals surface area contributed by atoms with Crippen molar-refractivity contribution in [1.29, 1.82) is 0 Å². The van der Waals surface area contributed by atoms with Crippen molar-refractivity contribution in [3.63, 3.8) is 0 Å². The standard InChI is InChI=1S/C11H20N2O3S/c1-2-4-9(10(14)15)12-11(16)13-5-3-7-17-8-6-13/h9H,2-8H2,1H3,(H,12,16)(H,14,15)/t9-/m0/s1. The van der Waals surface area contributed by atoms with Gasteiger partial charge in [-0.25, -0.2) is 9.59 Å². The first-order valence-electron chi connectivity index (χ1n) is 6.01. The Hall–Kier alpha value is -0.910. The van der Waals surface area contributed by atoms with Crippen LogP contribution in [0.25, 0.3) is 0 Å². The van der Waals surface area contributed by atoms with Crippen LogP contribution in [0, 0.1) is 0 Å². The Morgan fingerprint density at radius 3 is 2.82 bits per heavy atom. The molecule has 98 valence electrons. The minimum atomic E-state index is -0.954. The molecule has 1 heterocycles. The van der Waals surface area contributed by atoms with Gasteiger partial charge in [-0.05, 0) is 18.6 Å². The second kappa shape index (κ2) is 7.42. The Labute approximate surface area is 106 Å². The summed E-state index contributed by atoms with van der Waals surface area (Å²) in [7, 11) is 0. The van der Waals surface area contributed by atoms with Gasteiger partial charge in [0, 0.05) is 18.8 Å². The first-order valence-corrected chi connectivity index (χ1v) is 7.16. The van der Waals surface area contributed by atoms with Gasteiger partial charge in [0.25, 0.3) is 0 Å². The fourth-order valence-corrected chi connectivity index (χ4v) is 2.62. The van der Waals surface area contributed by atoms with E-state index in [1.165, 1.54) is 0 Å². The van der Waals surface area contributed by atoms with Gasteiger partial charge in [-0.15, -0.1) is 0 Å². The molecule has 1 aliphatic heterocycles. The van der Waals surface area contributed by atoms with E-state index in [1.807, 2.05) is 18.7 Å². The lowest BCUT2D eigenvalue weighted by Gasteiger charge is -2.23. The number of thioether (sulfide) groups is 1. The second-order valence-corrected chi connectivity index (χ2v) is 5.31. The summed E-state index contributed by atoms with van der Waals surface area (Å²) in [6.45, 7) is 3.33. The number of rotatable bonds is 4. The Kier molecular flexibility index (Phi) is 6.18. The second-order valence-electron chi connectivity index (χ2n) is 4.08. The van der Waals surface area contributed by atoms with Crippen LogP contribution in [0.15, 0.2) is 0 Å². The molecule has 0 unspecified atom stereocenters. The van der Waals surface area contributed by atoms with E-state index in [4.69, 9.17) is 5.11 Å². The highest BCUT2D eigenvalue weighted by Gasteiger charge is 2.22. The number of nitrogens with zero attached hydrogens (tertiary/aromatic N) is 1. The van der Waals surface area contributed by atoms with E-state index in [1.54, 1.807) is 4.90 Å². The van der Waals surface area contributed by atoms with Gasteiger partial charge >= 0.3 is 12.0 Å². The van der Waals surface area contributed by atoms with E-state index in [9.17, 15) is 9.59 Å². The largest absolute Gasteiger partial charge is 0.480 e. The number of hydrogen-bond donors (Lipinski definition) is 2. The number of carbonyl (C=O) groups excluding carboxylic acids is 1. The Morgan fingerprint density at radius 1 is 1.41 bits per heavy atom. The zero-order valence-electron chi connectivity index (χ0n) is 10.1. The van der Waals surface area contributed by atoms with Crippen LogP contribution in [0.2, 0.25) is 0 Å². The molecule has 1 saturated heterocycles. The van der Waals surface area contributed by atoms with E-state index in [0.29, 0.717) is 13.0 Å². The topological polar surface area (TPSA) is 69.6 Å². The smallest absolute Gasteiger partial charge is 0.326 e. The molecule has 1 aliphatic rings. The number of nitrogens with one attached hydrogen (secondary N) is 1. The number of hydrogen-bond acceptors (Lipinski definition) is 3. The molecular formula is C11H20N2O3S. The van der Waals surface area contributed by atoms with Crippen molar-refractivity contribution >= 4 is 23.8 Å². The molecular weight excluding hydrogens is 240 g/mol. The molecule has 17 heavy (non-hydrogen) atoms. The van der Waals surface area contributed by atoms with Crippen molar-refractivity contribution in [2.75, 3.05) is 24.6 Å². The van der Waals surface area contributed by atoms with Crippen LogP contribution in [-0.4, -0.2) is 52.6 Å². The van der Waals surface area contributed by atoms with Gasteiger partial charge in [0.1, 0.15) is 6.04 Å². The predicted octanol–water partition coefficient (Wildman–Crippen LogP) is 1.39. The predicted molar refractivity (Wildman–Crippen MR) is 68.4 cm³/mol. The van der Waals surface area contributed by atoms with Crippen LogP contribution in [0.1, 0.15) is 26.2 Å². The molecule has 0 aromatic rings. The lowest BCUT2D eigenvalue weighted by molar-refractivity contribution is -0.139. The third-order valence-corrected chi connectivity index (χ3v) is 3.73. The summed E-state index contributed by atoms with van der Waals surface area (Å²) >= 11 is 1.83. The highest BCUT2D eigenvalue weighted by atomic mass is 32.2. The zero-order valence-corrected chi connectivity index (χ0v) is 11.0. The highest BCUT2D eigenvalue weighted by molar-refractivity contribution is 7.99. The molecule has 0 radical (unpaired) electrons.